The summed E-state index contributed by atoms with van der Waals surface area (Å²) in [6.07, 6.45) is 2.15. The molecule has 2 aromatic rings. The smallest absolute Gasteiger partial charge is 0.318 e. The van der Waals surface area contributed by atoms with Crippen LogP contribution in [0.2, 0.25) is 0 Å². The number of nitrogens with zero attached hydrogens (tertiary/aromatic N) is 3. The van der Waals surface area contributed by atoms with Crippen LogP contribution in [0.15, 0.2) is 28.8 Å². The summed E-state index contributed by atoms with van der Waals surface area (Å²) in [4.78, 5) is 18.7. The van der Waals surface area contributed by atoms with Crippen LogP contribution in [-0.4, -0.2) is 39.8 Å². The number of carbonyl (C=O) groups excluding carboxylic acids is 1. The molecule has 27 heavy (non-hydrogen) atoms. The molecule has 1 N–H and O–H groups in total. The molecular formula is C19H25FN4O3. The van der Waals surface area contributed by atoms with Crippen molar-refractivity contribution in [2.75, 3.05) is 13.2 Å². The van der Waals surface area contributed by atoms with Gasteiger partial charge in [-0.15, -0.1) is 0 Å². The SMILES string of the molecule is CC(C)(C)NC(=O)N1CCCC1c1nc(CCOc2ccc(F)cc2)no1. The maximum Gasteiger partial charge on any atom is 0.318 e. The van der Waals surface area contributed by atoms with Crippen LogP contribution in [0.25, 0.3) is 0 Å². The van der Waals surface area contributed by atoms with E-state index in [1.807, 2.05) is 20.8 Å². The zero-order valence-corrected chi connectivity index (χ0v) is 15.9. The van der Waals surface area contributed by atoms with Crippen LogP contribution in [0, 0.1) is 5.82 Å². The van der Waals surface area contributed by atoms with E-state index in [1.54, 1.807) is 17.0 Å². The highest BCUT2D eigenvalue weighted by molar-refractivity contribution is 5.75. The summed E-state index contributed by atoms with van der Waals surface area (Å²) in [5.74, 6) is 1.26. The van der Waals surface area contributed by atoms with Gasteiger partial charge in [-0.05, 0) is 57.9 Å². The molecule has 1 aliphatic heterocycles. The van der Waals surface area contributed by atoms with Crippen LogP contribution in [0.5, 0.6) is 5.75 Å². The van der Waals surface area contributed by atoms with Gasteiger partial charge in [-0.3, -0.25) is 0 Å². The predicted molar refractivity (Wildman–Crippen MR) is 96.9 cm³/mol. The molecule has 1 fully saturated rings. The van der Waals surface area contributed by atoms with E-state index in [-0.39, 0.29) is 23.4 Å². The minimum Gasteiger partial charge on any atom is -0.493 e. The highest BCUT2D eigenvalue weighted by Crippen LogP contribution is 2.31. The van der Waals surface area contributed by atoms with Gasteiger partial charge in [0.15, 0.2) is 5.82 Å². The zero-order valence-electron chi connectivity index (χ0n) is 15.9. The number of carbonyl (C=O) groups is 1. The number of aromatic nitrogens is 2. The lowest BCUT2D eigenvalue weighted by atomic mass is 10.1. The number of hydrogen-bond acceptors (Lipinski definition) is 5. The van der Waals surface area contributed by atoms with E-state index in [0.29, 0.717) is 37.0 Å². The van der Waals surface area contributed by atoms with Gasteiger partial charge in [0.05, 0.1) is 6.61 Å². The van der Waals surface area contributed by atoms with Crippen LogP contribution >= 0.6 is 0 Å². The molecule has 0 saturated carbocycles. The first-order chi connectivity index (χ1) is 12.8. The van der Waals surface area contributed by atoms with E-state index >= 15 is 0 Å². The molecule has 7 nitrogen and oxygen atoms in total. The Labute approximate surface area is 157 Å². The lowest BCUT2D eigenvalue weighted by Crippen LogP contribution is -2.48. The molecule has 0 radical (unpaired) electrons. The quantitative estimate of drug-likeness (QED) is 0.864. The number of benzene rings is 1. The minimum atomic E-state index is -0.304. The van der Waals surface area contributed by atoms with Crippen molar-refractivity contribution in [1.29, 1.82) is 0 Å². The molecule has 2 amide bonds. The number of urea groups is 1. The summed E-state index contributed by atoms with van der Waals surface area (Å²) in [5.41, 5.74) is -0.304. The van der Waals surface area contributed by atoms with Crippen molar-refractivity contribution in [2.24, 2.45) is 0 Å². The molecular weight excluding hydrogens is 351 g/mol. The monoisotopic (exact) mass is 376 g/mol. The Bertz CT molecular complexity index is 770. The standard InChI is InChI=1S/C19H25FN4O3/c1-19(2,3)22-18(25)24-11-4-5-15(24)17-21-16(23-27-17)10-12-26-14-8-6-13(20)7-9-14/h6-9,15H,4-5,10-12H2,1-3H3,(H,22,25). The summed E-state index contributed by atoms with van der Waals surface area (Å²) < 4.78 is 23.8. The number of amides is 2. The average Bonchev–Trinajstić information content (AvgIpc) is 3.24. The molecule has 0 spiro atoms. The number of likely N-dealkylation sites (tertiary alicyclic amines) is 1. The molecule has 8 heteroatoms. The van der Waals surface area contributed by atoms with E-state index in [2.05, 4.69) is 15.5 Å². The second-order valence-corrected chi connectivity index (χ2v) is 7.63. The van der Waals surface area contributed by atoms with Gasteiger partial charge in [-0.2, -0.15) is 4.98 Å². The van der Waals surface area contributed by atoms with Crippen molar-refractivity contribution in [3.05, 3.63) is 41.8 Å². The minimum absolute atomic E-state index is 0.121. The second-order valence-electron chi connectivity index (χ2n) is 7.63. The Morgan fingerprint density at radius 1 is 1.37 bits per heavy atom. The van der Waals surface area contributed by atoms with Gasteiger partial charge in [0, 0.05) is 18.5 Å². The number of hydrogen-bond donors (Lipinski definition) is 1. The van der Waals surface area contributed by atoms with Crippen LogP contribution in [0.1, 0.15) is 51.4 Å². The highest BCUT2D eigenvalue weighted by atomic mass is 19.1. The second kappa shape index (κ2) is 7.94. The predicted octanol–water partition coefficient (Wildman–Crippen LogP) is 3.48. The number of halogens is 1. The fourth-order valence-corrected chi connectivity index (χ4v) is 2.95. The van der Waals surface area contributed by atoms with E-state index in [0.717, 1.165) is 12.8 Å². The fourth-order valence-electron chi connectivity index (χ4n) is 2.95. The molecule has 0 bridgehead atoms. The molecule has 1 aromatic carbocycles. The lowest BCUT2D eigenvalue weighted by Gasteiger charge is -2.28. The van der Waals surface area contributed by atoms with Crippen molar-refractivity contribution in [2.45, 2.75) is 51.6 Å². The van der Waals surface area contributed by atoms with E-state index in [1.165, 1.54) is 12.1 Å². The van der Waals surface area contributed by atoms with E-state index in [4.69, 9.17) is 9.26 Å². The van der Waals surface area contributed by atoms with E-state index in [9.17, 15) is 9.18 Å². The zero-order chi connectivity index (χ0) is 19.4. The van der Waals surface area contributed by atoms with Crippen LogP contribution in [-0.2, 0) is 6.42 Å². The fraction of sp³-hybridized carbons (Fsp3) is 0.526. The van der Waals surface area contributed by atoms with Crippen molar-refractivity contribution in [1.82, 2.24) is 20.4 Å². The Morgan fingerprint density at radius 3 is 2.81 bits per heavy atom. The van der Waals surface area contributed by atoms with Crippen molar-refractivity contribution in [3.63, 3.8) is 0 Å². The Kier molecular flexibility index (Phi) is 5.62. The first-order valence-corrected chi connectivity index (χ1v) is 9.11. The van der Waals surface area contributed by atoms with Gasteiger partial charge >= 0.3 is 6.03 Å². The van der Waals surface area contributed by atoms with E-state index < -0.39 is 0 Å². The number of ether oxygens (including phenoxy) is 1. The maximum atomic E-state index is 12.9. The normalized spacial score (nSPS) is 17.2. The Hall–Kier alpha value is -2.64. The average molecular weight is 376 g/mol. The largest absolute Gasteiger partial charge is 0.493 e. The van der Waals surface area contributed by atoms with Gasteiger partial charge in [-0.25, -0.2) is 9.18 Å². The first-order valence-electron chi connectivity index (χ1n) is 9.11. The molecule has 3 rings (SSSR count). The third-order valence-corrected chi connectivity index (χ3v) is 4.17. The third-order valence-electron chi connectivity index (χ3n) is 4.17. The summed E-state index contributed by atoms with van der Waals surface area (Å²) in [6, 6.07) is 5.51. The van der Waals surface area contributed by atoms with Gasteiger partial charge in [0.25, 0.3) is 0 Å². The molecule has 1 saturated heterocycles. The molecule has 146 valence electrons. The van der Waals surface area contributed by atoms with Crippen molar-refractivity contribution < 1.29 is 18.4 Å². The van der Waals surface area contributed by atoms with Gasteiger partial charge in [-0.1, -0.05) is 5.16 Å². The maximum absolute atomic E-state index is 12.9. The number of nitrogens with one attached hydrogen (secondary N) is 1. The lowest BCUT2D eigenvalue weighted by molar-refractivity contribution is 0.172. The molecule has 1 aliphatic rings. The first kappa shape index (κ1) is 19.1. The molecule has 0 aliphatic carbocycles. The molecule has 1 aromatic heterocycles. The molecule has 1 atom stereocenters. The number of rotatable bonds is 5. The van der Waals surface area contributed by atoms with Gasteiger partial charge < -0.3 is 19.5 Å². The van der Waals surface area contributed by atoms with Gasteiger partial charge in [0.1, 0.15) is 17.6 Å². The third kappa shape index (κ3) is 5.18. The summed E-state index contributed by atoms with van der Waals surface area (Å²) in [7, 11) is 0. The van der Waals surface area contributed by atoms with Crippen LogP contribution in [0.4, 0.5) is 9.18 Å². The van der Waals surface area contributed by atoms with Crippen LogP contribution < -0.4 is 10.1 Å². The Balaban J connectivity index is 1.56. The Morgan fingerprint density at radius 2 is 2.11 bits per heavy atom. The molecule has 2 heterocycles. The highest BCUT2D eigenvalue weighted by Gasteiger charge is 2.35. The summed E-state index contributed by atoms with van der Waals surface area (Å²) >= 11 is 0. The van der Waals surface area contributed by atoms with Crippen molar-refractivity contribution >= 4 is 6.03 Å². The molecule has 1 unspecified atom stereocenters. The topological polar surface area (TPSA) is 80.5 Å². The van der Waals surface area contributed by atoms with Gasteiger partial charge in [0.2, 0.25) is 5.89 Å². The summed E-state index contributed by atoms with van der Waals surface area (Å²) in [5, 5.41) is 6.96. The van der Waals surface area contributed by atoms with Crippen LogP contribution in [0.3, 0.4) is 0 Å². The summed E-state index contributed by atoms with van der Waals surface area (Å²) in [6.45, 7) is 6.85. The van der Waals surface area contributed by atoms with Crippen molar-refractivity contribution in [3.8, 4) is 5.75 Å².